The third kappa shape index (κ3) is 4.86. The van der Waals surface area contributed by atoms with E-state index in [0.717, 1.165) is 22.9 Å². The van der Waals surface area contributed by atoms with Crippen molar-refractivity contribution in [2.75, 3.05) is 10.6 Å². The van der Waals surface area contributed by atoms with E-state index in [1.54, 1.807) is 24.2 Å². The number of pyridine rings is 1. The van der Waals surface area contributed by atoms with Gasteiger partial charge in [0, 0.05) is 45.3 Å². The number of aromatic nitrogens is 3. The Hall–Kier alpha value is -3.38. The van der Waals surface area contributed by atoms with Gasteiger partial charge in [0.2, 0.25) is 5.95 Å². The standard InChI is InChI=1S/C22H19N5S/c1-16-15-21(27-22(24-16)26-17-5-3-2-4-6-17)25-18-7-9-19(10-8-18)28-20-11-13-23-14-12-20/h2-15H,1H3,(H2,24,25,26,27). The molecule has 0 amide bonds. The van der Waals surface area contributed by atoms with Gasteiger partial charge in [-0.1, -0.05) is 30.0 Å². The van der Waals surface area contributed by atoms with Crippen LogP contribution in [-0.4, -0.2) is 15.0 Å². The fourth-order valence-corrected chi connectivity index (χ4v) is 3.44. The van der Waals surface area contributed by atoms with Crippen molar-refractivity contribution in [2.24, 2.45) is 0 Å². The topological polar surface area (TPSA) is 62.7 Å². The Balaban J connectivity index is 1.46. The molecular weight excluding hydrogens is 366 g/mol. The lowest BCUT2D eigenvalue weighted by atomic mass is 10.3. The summed E-state index contributed by atoms with van der Waals surface area (Å²) in [6, 6.07) is 24.1. The van der Waals surface area contributed by atoms with Crippen LogP contribution in [0.4, 0.5) is 23.1 Å². The molecule has 0 aliphatic carbocycles. The molecule has 0 bridgehead atoms. The number of benzene rings is 2. The summed E-state index contributed by atoms with van der Waals surface area (Å²) in [7, 11) is 0. The Morgan fingerprint density at radius 3 is 2.14 bits per heavy atom. The number of aryl methyl sites for hydroxylation is 1. The maximum absolute atomic E-state index is 4.57. The smallest absolute Gasteiger partial charge is 0.229 e. The van der Waals surface area contributed by atoms with Gasteiger partial charge in [-0.2, -0.15) is 4.98 Å². The fourth-order valence-electron chi connectivity index (χ4n) is 2.64. The van der Waals surface area contributed by atoms with Gasteiger partial charge in [0.25, 0.3) is 0 Å². The van der Waals surface area contributed by atoms with Crippen molar-refractivity contribution in [1.82, 2.24) is 15.0 Å². The van der Waals surface area contributed by atoms with Gasteiger partial charge in [-0.3, -0.25) is 4.98 Å². The van der Waals surface area contributed by atoms with Crippen LogP contribution in [0.2, 0.25) is 0 Å². The van der Waals surface area contributed by atoms with Crippen molar-refractivity contribution < 1.29 is 0 Å². The molecule has 4 rings (SSSR count). The average molecular weight is 385 g/mol. The van der Waals surface area contributed by atoms with Crippen molar-refractivity contribution in [3.8, 4) is 0 Å². The predicted octanol–water partition coefficient (Wildman–Crippen LogP) is 5.82. The molecule has 0 spiro atoms. The zero-order valence-corrected chi connectivity index (χ0v) is 16.1. The van der Waals surface area contributed by atoms with E-state index in [1.807, 2.05) is 67.6 Å². The summed E-state index contributed by atoms with van der Waals surface area (Å²) in [5.41, 5.74) is 2.82. The molecule has 4 aromatic rings. The lowest BCUT2D eigenvalue weighted by Crippen LogP contribution is -2.02. The molecule has 6 heteroatoms. The van der Waals surface area contributed by atoms with E-state index in [9.17, 15) is 0 Å². The summed E-state index contributed by atoms with van der Waals surface area (Å²) in [6.07, 6.45) is 3.60. The Labute approximate surface area is 168 Å². The van der Waals surface area contributed by atoms with E-state index in [0.29, 0.717) is 5.95 Å². The van der Waals surface area contributed by atoms with Crippen LogP contribution in [-0.2, 0) is 0 Å². The zero-order valence-electron chi connectivity index (χ0n) is 15.3. The Morgan fingerprint density at radius 1 is 0.714 bits per heavy atom. The lowest BCUT2D eigenvalue weighted by molar-refractivity contribution is 1.11. The molecule has 28 heavy (non-hydrogen) atoms. The molecule has 5 nitrogen and oxygen atoms in total. The molecule has 2 aromatic carbocycles. The monoisotopic (exact) mass is 385 g/mol. The van der Waals surface area contributed by atoms with Crippen molar-refractivity contribution in [2.45, 2.75) is 16.7 Å². The van der Waals surface area contributed by atoms with Crippen molar-refractivity contribution >= 4 is 34.9 Å². The third-order valence-electron chi connectivity index (χ3n) is 3.90. The predicted molar refractivity (Wildman–Crippen MR) is 115 cm³/mol. The van der Waals surface area contributed by atoms with Gasteiger partial charge in [-0.25, -0.2) is 4.98 Å². The highest BCUT2D eigenvalue weighted by Crippen LogP contribution is 2.28. The van der Waals surface area contributed by atoms with Crippen molar-refractivity contribution in [1.29, 1.82) is 0 Å². The first-order chi connectivity index (χ1) is 13.7. The minimum atomic E-state index is 0.568. The molecular formula is C22H19N5S. The highest BCUT2D eigenvalue weighted by Gasteiger charge is 2.04. The van der Waals surface area contributed by atoms with Gasteiger partial charge in [0.1, 0.15) is 5.82 Å². The van der Waals surface area contributed by atoms with Crippen LogP contribution in [0, 0.1) is 6.92 Å². The second kappa shape index (κ2) is 8.54. The number of anilines is 4. The van der Waals surface area contributed by atoms with Crippen LogP contribution in [0.15, 0.2) is 95.0 Å². The number of hydrogen-bond donors (Lipinski definition) is 2. The molecule has 0 atom stereocenters. The number of nitrogens with one attached hydrogen (secondary N) is 2. The summed E-state index contributed by atoms with van der Waals surface area (Å²) >= 11 is 1.71. The van der Waals surface area contributed by atoms with E-state index in [2.05, 4.69) is 37.7 Å². The second-order valence-electron chi connectivity index (χ2n) is 6.14. The van der Waals surface area contributed by atoms with E-state index >= 15 is 0 Å². The maximum Gasteiger partial charge on any atom is 0.229 e. The number of hydrogen-bond acceptors (Lipinski definition) is 6. The van der Waals surface area contributed by atoms with Crippen LogP contribution >= 0.6 is 11.8 Å². The molecule has 0 saturated heterocycles. The van der Waals surface area contributed by atoms with Gasteiger partial charge in [0.05, 0.1) is 0 Å². The molecule has 0 aliphatic heterocycles. The first kappa shape index (κ1) is 18.0. The second-order valence-corrected chi connectivity index (χ2v) is 7.29. The van der Waals surface area contributed by atoms with E-state index in [1.165, 1.54) is 9.79 Å². The Morgan fingerprint density at radius 2 is 1.39 bits per heavy atom. The van der Waals surface area contributed by atoms with E-state index < -0.39 is 0 Å². The largest absolute Gasteiger partial charge is 0.340 e. The SMILES string of the molecule is Cc1cc(Nc2ccc(Sc3ccncc3)cc2)nc(Nc2ccccc2)n1. The van der Waals surface area contributed by atoms with Crippen LogP contribution < -0.4 is 10.6 Å². The molecule has 0 fully saturated rings. The Kier molecular flexibility index (Phi) is 5.49. The normalized spacial score (nSPS) is 10.5. The van der Waals surface area contributed by atoms with Gasteiger partial charge >= 0.3 is 0 Å². The number of rotatable bonds is 6. The minimum Gasteiger partial charge on any atom is -0.340 e. The first-order valence-corrected chi connectivity index (χ1v) is 9.69. The van der Waals surface area contributed by atoms with Gasteiger partial charge in [0.15, 0.2) is 0 Å². The first-order valence-electron chi connectivity index (χ1n) is 8.87. The van der Waals surface area contributed by atoms with Crippen molar-refractivity contribution in [3.05, 3.63) is 90.9 Å². The van der Waals surface area contributed by atoms with Gasteiger partial charge in [-0.05, 0) is 55.5 Å². The quantitative estimate of drug-likeness (QED) is 0.436. The molecule has 0 unspecified atom stereocenters. The summed E-state index contributed by atoms with van der Waals surface area (Å²) in [5.74, 6) is 1.32. The van der Waals surface area contributed by atoms with Crippen molar-refractivity contribution in [3.63, 3.8) is 0 Å². The lowest BCUT2D eigenvalue weighted by Gasteiger charge is -2.10. The highest BCUT2D eigenvalue weighted by atomic mass is 32.2. The molecule has 2 heterocycles. The Bertz CT molecular complexity index is 1040. The van der Waals surface area contributed by atoms with Crippen LogP contribution in [0.25, 0.3) is 0 Å². The molecule has 2 aromatic heterocycles. The number of para-hydroxylation sites is 1. The highest BCUT2D eigenvalue weighted by molar-refractivity contribution is 7.99. The molecule has 138 valence electrons. The van der Waals surface area contributed by atoms with E-state index in [-0.39, 0.29) is 0 Å². The molecule has 0 saturated carbocycles. The molecule has 0 radical (unpaired) electrons. The summed E-state index contributed by atoms with van der Waals surface area (Å²) in [5, 5.41) is 6.59. The third-order valence-corrected chi connectivity index (χ3v) is 4.91. The number of nitrogens with zero attached hydrogens (tertiary/aromatic N) is 3. The fraction of sp³-hybridized carbons (Fsp3) is 0.0455. The van der Waals surface area contributed by atoms with Crippen LogP contribution in [0.3, 0.4) is 0 Å². The summed E-state index contributed by atoms with van der Waals surface area (Å²) < 4.78 is 0. The van der Waals surface area contributed by atoms with Crippen LogP contribution in [0.5, 0.6) is 0 Å². The zero-order chi connectivity index (χ0) is 19.2. The van der Waals surface area contributed by atoms with Gasteiger partial charge < -0.3 is 10.6 Å². The molecule has 0 aliphatic rings. The molecule has 2 N–H and O–H groups in total. The summed E-state index contributed by atoms with van der Waals surface area (Å²) in [6.45, 7) is 1.96. The van der Waals surface area contributed by atoms with E-state index in [4.69, 9.17) is 0 Å². The summed E-state index contributed by atoms with van der Waals surface area (Å²) in [4.78, 5) is 15.4. The minimum absolute atomic E-state index is 0.568. The van der Waals surface area contributed by atoms with Crippen LogP contribution in [0.1, 0.15) is 5.69 Å². The maximum atomic E-state index is 4.57. The average Bonchev–Trinajstić information content (AvgIpc) is 2.71. The van der Waals surface area contributed by atoms with Gasteiger partial charge in [-0.15, -0.1) is 0 Å².